The summed E-state index contributed by atoms with van der Waals surface area (Å²) < 4.78 is 7.17. The molecule has 6 nitrogen and oxygen atoms in total. The zero-order valence-corrected chi connectivity index (χ0v) is 17.8. The third-order valence-electron chi connectivity index (χ3n) is 5.72. The molecule has 29 heavy (non-hydrogen) atoms. The number of hydrogen-bond acceptors (Lipinski definition) is 6. The van der Waals surface area contributed by atoms with Gasteiger partial charge in [0.15, 0.2) is 5.16 Å². The lowest BCUT2D eigenvalue weighted by Gasteiger charge is -2.26. The Labute approximate surface area is 176 Å². The Morgan fingerprint density at radius 1 is 1.21 bits per heavy atom. The maximum atomic E-state index is 13.4. The number of nitrogens with zero attached hydrogens (tertiary/aromatic N) is 3. The van der Waals surface area contributed by atoms with Crippen molar-refractivity contribution in [1.82, 2.24) is 14.5 Å². The SMILES string of the molecule is O=C(CSc1nc2sc3c(c2c(=O)n1Cc1ccco1)CCC3)N1CCCCC1. The van der Waals surface area contributed by atoms with Crippen molar-refractivity contribution in [1.29, 1.82) is 0 Å². The number of hydrogen-bond donors (Lipinski definition) is 0. The summed E-state index contributed by atoms with van der Waals surface area (Å²) in [6.45, 7) is 2.00. The van der Waals surface area contributed by atoms with Crippen LogP contribution in [0.1, 0.15) is 41.9 Å². The van der Waals surface area contributed by atoms with E-state index in [1.54, 1.807) is 22.2 Å². The van der Waals surface area contributed by atoms with Crippen molar-refractivity contribution in [2.24, 2.45) is 0 Å². The maximum absolute atomic E-state index is 13.4. The zero-order chi connectivity index (χ0) is 19.8. The minimum Gasteiger partial charge on any atom is -0.467 e. The number of aryl methyl sites for hydroxylation is 2. The highest BCUT2D eigenvalue weighted by atomic mass is 32.2. The minimum atomic E-state index is -0.0151. The largest absolute Gasteiger partial charge is 0.467 e. The number of fused-ring (bicyclic) bond motifs is 3. The molecule has 1 aliphatic carbocycles. The van der Waals surface area contributed by atoms with Crippen LogP contribution < -0.4 is 5.56 Å². The van der Waals surface area contributed by atoms with Crippen LogP contribution in [0.3, 0.4) is 0 Å². The van der Waals surface area contributed by atoms with Crippen LogP contribution in [0.25, 0.3) is 10.2 Å². The Morgan fingerprint density at radius 2 is 2.07 bits per heavy atom. The molecule has 2 aliphatic rings. The number of carbonyl (C=O) groups is 1. The molecule has 0 unspecified atom stereocenters. The molecule has 0 spiro atoms. The quantitative estimate of drug-likeness (QED) is 0.457. The number of likely N-dealkylation sites (tertiary alicyclic amines) is 1. The number of amides is 1. The van der Waals surface area contributed by atoms with Gasteiger partial charge in [0.05, 0.1) is 23.9 Å². The van der Waals surface area contributed by atoms with Crippen LogP contribution in [0.2, 0.25) is 0 Å². The predicted octanol–water partition coefficient (Wildman–Crippen LogP) is 3.69. The highest BCUT2D eigenvalue weighted by Gasteiger charge is 2.24. The average molecular weight is 430 g/mol. The Hall–Kier alpha value is -2.06. The summed E-state index contributed by atoms with van der Waals surface area (Å²) in [5.41, 5.74) is 1.16. The molecule has 0 bridgehead atoms. The molecule has 8 heteroatoms. The van der Waals surface area contributed by atoms with Gasteiger partial charge >= 0.3 is 0 Å². The van der Waals surface area contributed by atoms with Crippen molar-refractivity contribution in [3.63, 3.8) is 0 Å². The molecule has 0 saturated carbocycles. The summed E-state index contributed by atoms with van der Waals surface area (Å²) in [7, 11) is 0. The van der Waals surface area contributed by atoms with E-state index in [1.807, 2.05) is 17.0 Å². The van der Waals surface area contributed by atoms with Gasteiger partial charge in [-0.15, -0.1) is 11.3 Å². The first-order valence-electron chi connectivity index (χ1n) is 10.2. The topological polar surface area (TPSA) is 68.3 Å². The van der Waals surface area contributed by atoms with E-state index in [0.29, 0.717) is 23.2 Å². The van der Waals surface area contributed by atoms with Gasteiger partial charge in [-0.1, -0.05) is 11.8 Å². The number of carbonyl (C=O) groups excluding carboxylic acids is 1. The molecule has 1 amide bonds. The summed E-state index contributed by atoms with van der Waals surface area (Å²) in [5.74, 6) is 1.15. The van der Waals surface area contributed by atoms with Crippen LogP contribution in [0.4, 0.5) is 0 Å². The molecule has 1 saturated heterocycles. The van der Waals surface area contributed by atoms with E-state index in [-0.39, 0.29) is 11.5 Å². The molecule has 0 N–H and O–H groups in total. The van der Waals surface area contributed by atoms with Gasteiger partial charge < -0.3 is 9.32 Å². The molecule has 3 aromatic rings. The van der Waals surface area contributed by atoms with Crippen LogP contribution in [0.5, 0.6) is 0 Å². The third kappa shape index (κ3) is 3.64. The van der Waals surface area contributed by atoms with Gasteiger partial charge in [-0.05, 0) is 56.2 Å². The average Bonchev–Trinajstić information content (AvgIpc) is 3.46. The van der Waals surface area contributed by atoms with Crippen molar-refractivity contribution >= 4 is 39.2 Å². The van der Waals surface area contributed by atoms with Gasteiger partial charge in [-0.2, -0.15) is 0 Å². The lowest BCUT2D eigenvalue weighted by atomic mass is 10.1. The number of thiophene rings is 1. The first kappa shape index (κ1) is 18.9. The Morgan fingerprint density at radius 3 is 2.86 bits per heavy atom. The standard InChI is InChI=1S/C21H23N3O3S2/c25-17(23-9-2-1-3-10-23)13-28-21-22-19-18(15-7-4-8-16(15)29-19)20(26)24(21)12-14-6-5-11-27-14/h5-6,11H,1-4,7-10,12-13H2. The van der Waals surface area contributed by atoms with Gasteiger partial charge in [0.1, 0.15) is 10.6 Å². The monoisotopic (exact) mass is 429 g/mol. The summed E-state index contributed by atoms with van der Waals surface area (Å²) in [4.78, 5) is 34.9. The normalized spacial score (nSPS) is 16.5. The lowest BCUT2D eigenvalue weighted by Crippen LogP contribution is -2.37. The fourth-order valence-electron chi connectivity index (χ4n) is 4.23. The molecule has 3 aromatic heterocycles. The van der Waals surface area contributed by atoms with Gasteiger partial charge in [0.25, 0.3) is 5.56 Å². The number of rotatable bonds is 5. The molecular weight excluding hydrogens is 406 g/mol. The minimum absolute atomic E-state index is 0.0151. The van der Waals surface area contributed by atoms with Crippen molar-refractivity contribution in [2.45, 2.75) is 50.2 Å². The van der Waals surface area contributed by atoms with Gasteiger partial charge in [0, 0.05) is 18.0 Å². The van der Waals surface area contributed by atoms with Gasteiger partial charge in [0.2, 0.25) is 5.91 Å². The second-order valence-electron chi connectivity index (χ2n) is 7.63. The fourth-order valence-corrected chi connectivity index (χ4v) is 6.43. The number of furan rings is 1. The van der Waals surface area contributed by atoms with E-state index >= 15 is 0 Å². The first-order valence-corrected chi connectivity index (χ1v) is 12.0. The maximum Gasteiger partial charge on any atom is 0.263 e. The summed E-state index contributed by atoms with van der Waals surface area (Å²) in [6, 6.07) is 3.68. The van der Waals surface area contributed by atoms with Crippen LogP contribution in [0, 0.1) is 0 Å². The number of piperidine rings is 1. The molecule has 0 radical (unpaired) electrons. The third-order valence-corrected chi connectivity index (χ3v) is 7.86. The Kier molecular flexibility index (Phi) is 5.22. The van der Waals surface area contributed by atoms with Crippen LogP contribution in [-0.2, 0) is 24.2 Å². The van der Waals surface area contributed by atoms with Gasteiger partial charge in [-0.25, -0.2) is 4.98 Å². The van der Waals surface area contributed by atoms with E-state index < -0.39 is 0 Å². The highest BCUT2D eigenvalue weighted by molar-refractivity contribution is 7.99. The lowest BCUT2D eigenvalue weighted by molar-refractivity contribution is -0.129. The predicted molar refractivity (Wildman–Crippen MR) is 115 cm³/mol. The second kappa shape index (κ2) is 7.99. The fraction of sp³-hybridized carbons (Fsp3) is 0.476. The molecule has 0 atom stereocenters. The molecule has 1 aliphatic heterocycles. The van der Waals surface area contributed by atoms with E-state index in [0.717, 1.165) is 55.4 Å². The zero-order valence-electron chi connectivity index (χ0n) is 16.2. The van der Waals surface area contributed by atoms with E-state index in [9.17, 15) is 9.59 Å². The first-order chi connectivity index (χ1) is 14.2. The smallest absolute Gasteiger partial charge is 0.263 e. The number of thioether (sulfide) groups is 1. The van der Waals surface area contributed by atoms with E-state index in [4.69, 9.17) is 9.40 Å². The highest BCUT2D eigenvalue weighted by Crippen LogP contribution is 2.35. The molecule has 1 fully saturated rings. The Balaban J connectivity index is 1.49. The van der Waals surface area contributed by atoms with E-state index in [2.05, 4.69) is 0 Å². The number of aromatic nitrogens is 2. The molecule has 0 aromatic carbocycles. The molecular formula is C21H23N3O3S2. The summed E-state index contributed by atoms with van der Waals surface area (Å²) in [5, 5.41) is 1.37. The summed E-state index contributed by atoms with van der Waals surface area (Å²) in [6.07, 6.45) is 8.05. The van der Waals surface area contributed by atoms with Crippen molar-refractivity contribution in [3.8, 4) is 0 Å². The Bertz CT molecular complexity index is 1090. The molecule has 5 rings (SSSR count). The van der Waals surface area contributed by atoms with E-state index in [1.165, 1.54) is 28.6 Å². The van der Waals surface area contributed by atoms with Crippen LogP contribution >= 0.6 is 23.1 Å². The molecule has 4 heterocycles. The van der Waals surface area contributed by atoms with Crippen molar-refractivity contribution in [3.05, 3.63) is 45.0 Å². The second-order valence-corrected chi connectivity index (χ2v) is 9.66. The molecule has 152 valence electrons. The van der Waals surface area contributed by atoms with Crippen molar-refractivity contribution in [2.75, 3.05) is 18.8 Å². The van der Waals surface area contributed by atoms with Gasteiger partial charge in [-0.3, -0.25) is 14.2 Å². The van der Waals surface area contributed by atoms with Crippen molar-refractivity contribution < 1.29 is 9.21 Å². The van der Waals surface area contributed by atoms with Crippen LogP contribution in [0.15, 0.2) is 32.8 Å². The van der Waals surface area contributed by atoms with Crippen LogP contribution in [-0.4, -0.2) is 39.2 Å². The summed E-state index contributed by atoms with van der Waals surface area (Å²) >= 11 is 3.00.